The van der Waals surface area contributed by atoms with E-state index in [0.717, 1.165) is 29.5 Å². The van der Waals surface area contributed by atoms with E-state index >= 15 is 0 Å². The Labute approximate surface area is 119 Å². The number of hydrogen-bond acceptors (Lipinski definition) is 5. The lowest BCUT2D eigenvalue weighted by Gasteiger charge is -2.10. The van der Waals surface area contributed by atoms with E-state index in [4.69, 9.17) is 10.3 Å². The van der Waals surface area contributed by atoms with Crippen molar-refractivity contribution in [2.24, 2.45) is 5.73 Å². The number of nitrogens with two attached hydrogens (primary N) is 1. The summed E-state index contributed by atoms with van der Waals surface area (Å²) in [7, 11) is 0. The molecule has 0 aliphatic carbocycles. The molecule has 1 fully saturated rings. The predicted molar refractivity (Wildman–Crippen MR) is 75.3 cm³/mol. The first-order chi connectivity index (χ1) is 9.20. The van der Waals surface area contributed by atoms with Gasteiger partial charge in [-0.05, 0) is 18.6 Å². The maximum absolute atomic E-state index is 5.88. The van der Waals surface area contributed by atoms with Gasteiger partial charge in [-0.3, -0.25) is 4.90 Å². The number of likely N-dealkylation sites (tertiary alicyclic amines) is 1. The highest BCUT2D eigenvalue weighted by molar-refractivity contribution is 9.10. The molecule has 3 rings (SSSR count). The molecule has 0 spiro atoms. The van der Waals surface area contributed by atoms with E-state index in [1.165, 1.54) is 0 Å². The van der Waals surface area contributed by atoms with Gasteiger partial charge >= 0.3 is 0 Å². The van der Waals surface area contributed by atoms with Crippen molar-refractivity contribution in [1.29, 1.82) is 0 Å². The normalized spacial score (nSPS) is 20.0. The molecule has 1 atom stereocenters. The zero-order chi connectivity index (χ0) is 13.2. The third kappa shape index (κ3) is 3.02. The minimum Gasteiger partial charge on any atom is -0.338 e. The molecule has 0 saturated carbocycles. The van der Waals surface area contributed by atoms with Gasteiger partial charge in [-0.25, -0.2) is 0 Å². The summed E-state index contributed by atoms with van der Waals surface area (Å²) in [6.07, 6.45) is 1.03. The van der Waals surface area contributed by atoms with Gasteiger partial charge in [0.2, 0.25) is 11.7 Å². The van der Waals surface area contributed by atoms with E-state index in [1.54, 1.807) is 0 Å². The first-order valence-corrected chi connectivity index (χ1v) is 7.06. The Balaban J connectivity index is 1.73. The molecule has 0 radical (unpaired) electrons. The van der Waals surface area contributed by atoms with Gasteiger partial charge < -0.3 is 10.3 Å². The fourth-order valence-corrected chi connectivity index (χ4v) is 2.66. The van der Waals surface area contributed by atoms with Gasteiger partial charge in [-0.1, -0.05) is 33.2 Å². The number of halogens is 1. The highest BCUT2D eigenvalue weighted by Gasteiger charge is 2.21. The minimum absolute atomic E-state index is 0.271. The molecule has 2 heterocycles. The quantitative estimate of drug-likeness (QED) is 0.936. The van der Waals surface area contributed by atoms with E-state index in [1.807, 2.05) is 24.3 Å². The van der Waals surface area contributed by atoms with Crippen LogP contribution in [0.15, 0.2) is 33.3 Å². The highest BCUT2D eigenvalue weighted by Crippen LogP contribution is 2.21. The molecule has 1 saturated heterocycles. The maximum Gasteiger partial charge on any atom is 0.241 e. The number of benzene rings is 1. The SMILES string of the molecule is N[C@H]1CCN(Cc2nc(-c3cccc(Br)c3)no2)C1. The molecular weight excluding hydrogens is 308 g/mol. The smallest absolute Gasteiger partial charge is 0.241 e. The molecule has 2 aromatic rings. The van der Waals surface area contributed by atoms with Crippen LogP contribution in [0.1, 0.15) is 12.3 Å². The summed E-state index contributed by atoms with van der Waals surface area (Å²) >= 11 is 3.44. The van der Waals surface area contributed by atoms with Gasteiger partial charge in [-0.15, -0.1) is 0 Å². The van der Waals surface area contributed by atoms with E-state index in [0.29, 0.717) is 18.3 Å². The van der Waals surface area contributed by atoms with Gasteiger partial charge in [0, 0.05) is 29.2 Å². The average Bonchev–Trinajstić information content (AvgIpc) is 2.99. The van der Waals surface area contributed by atoms with Crippen LogP contribution < -0.4 is 5.73 Å². The van der Waals surface area contributed by atoms with Crippen molar-refractivity contribution in [3.05, 3.63) is 34.6 Å². The third-order valence-corrected chi connectivity index (χ3v) is 3.71. The summed E-state index contributed by atoms with van der Waals surface area (Å²) in [5.74, 6) is 1.27. The molecular formula is C13H15BrN4O. The Morgan fingerprint density at radius 3 is 3.11 bits per heavy atom. The fourth-order valence-electron chi connectivity index (χ4n) is 2.26. The molecule has 0 unspecified atom stereocenters. The number of aromatic nitrogens is 2. The lowest BCUT2D eigenvalue weighted by molar-refractivity contribution is 0.265. The van der Waals surface area contributed by atoms with Crippen LogP contribution in [0.2, 0.25) is 0 Å². The summed E-state index contributed by atoms with van der Waals surface area (Å²) in [6.45, 7) is 2.57. The van der Waals surface area contributed by atoms with Crippen LogP contribution in [0.3, 0.4) is 0 Å². The topological polar surface area (TPSA) is 68.2 Å². The van der Waals surface area contributed by atoms with Crippen LogP contribution in [0, 0.1) is 0 Å². The molecule has 1 aliphatic heterocycles. The van der Waals surface area contributed by atoms with Crippen LogP contribution in [-0.2, 0) is 6.54 Å². The van der Waals surface area contributed by atoms with Crippen LogP contribution in [-0.4, -0.2) is 34.2 Å². The summed E-state index contributed by atoms with van der Waals surface area (Å²) in [6, 6.07) is 8.13. The van der Waals surface area contributed by atoms with E-state index in [9.17, 15) is 0 Å². The summed E-state index contributed by atoms with van der Waals surface area (Å²) < 4.78 is 6.30. The predicted octanol–water partition coefficient (Wildman–Crippen LogP) is 2.03. The Hall–Kier alpha value is -1.24. The van der Waals surface area contributed by atoms with Gasteiger partial charge in [0.15, 0.2) is 0 Å². The van der Waals surface area contributed by atoms with Crippen LogP contribution in [0.4, 0.5) is 0 Å². The van der Waals surface area contributed by atoms with Crippen molar-refractivity contribution < 1.29 is 4.52 Å². The molecule has 19 heavy (non-hydrogen) atoms. The molecule has 1 aliphatic rings. The largest absolute Gasteiger partial charge is 0.338 e. The van der Waals surface area contributed by atoms with Crippen molar-refractivity contribution in [1.82, 2.24) is 15.0 Å². The zero-order valence-electron chi connectivity index (χ0n) is 10.4. The number of rotatable bonds is 3. The van der Waals surface area contributed by atoms with E-state index < -0.39 is 0 Å². The second kappa shape index (κ2) is 5.40. The molecule has 0 bridgehead atoms. The standard InChI is InChI=1S/C13H15BrN4O/c14-10-3-1-2-9(6-10)13-16-12(19-17-13)8-18-5-4-11(15)7-18/h1-3,6,11H,4-5,7-8,15H2/t11-/m0/s1. The van der Waals surface area contributed by atoms with Gasteiger partial charge in [-0.2, -0.15) is 4.98 Å². The van der Waals surface area contributed by atoms with Crippen LogP contribution in [0.25, 0.3) is 11.4 Å². The average molecular weight is 323 g/mol. The zero-order valence-corrected chi connectivity index (χ0v) is 12.0. The van der Waals surface area contributed by atoms with E-state index in [-0.39, 0.29) is 6.04 Å². The summed E-state index contributed by atoms with van der Waals surface area (Å²) in [4.78, 5) is 6.67. The van der Waals surface area contributed by atoms with Gasteiger partial charge in [0.25, 0.3) is 0 Å². The van der Waals surface area contributed by atoms with Crippen LogP contribution in [0.5, 0.6) is 0 Å². The Morgan fingerprint density at radius 1 is 1.47 bits per heavy atom. The second-order valence-corrected chi connectivity index (χ2v) is 5.72. The highest BCUT2D eigenvalue weighted by atomic mass is 79.9. The number of nitrogens with zero attached hydrogens (tertiary/aromatic N) is 3. The van der Waals surface area contributed by atoms with Crippen molar-refractivity contribution in [2.75, 3.05) is 13.1 Å². The molecule has 2 N–H and O–H groups in total. The Kier molecular flexibility index (Phi) is 3.63. The Morgan fingerprint density at radius 2 is 2.37 bits per heavy atom. The first kappa shape index (κ1) is 12.8. The Bertz CT molecular complexity index is 571. The monoisotopic (exact) mass is 322 g/mol. The van der Waals surface area contributed by atoms with Gasteiger partial charge in [0.1, 0.15) is 0 Å². The molecule has 1 aromatic heterocycles. The summed E-state index contributed by atoms with van der Waals surface area (Å²) in [5, 5.41) is 4.02. The van der Waals surface area contributed by atoms with Crippen molar-refractivity contribution in [3.63, 3.8) is 0 Å². The van der Waals surface area contributed by atoms with Crippen molar-refractivity contribution in [2.45, 2.75) is 19.0 Å². The first-order valence-electron chi connectivity index (χ1n) is 6.27. The molecule has 0 amide bonds. The molecule has 5 nitrogen and oxygen atoms in total. The van der Waals surface area contributed by atoms with Crippen molar-refractivity contribution in [3.8, 4) is 11.4 Å². The maximum atomic E-state index is 5.88. The lowest BCUT2D eigenvalue weighted by Crippen LogP contribution is -2.26. The van der Waals surface area contributed by atoms with Crippen LogP contribution >= 0.6 is 15.9 Å². The second-order valence-electron chi connectivity index (χ2n) is 4.81. The number of hydrogen-bond donors (Lipinski definition) is 1. The van der Waals surface area contributed by atoms with Crippen molar-refractivity contribution >= 4 is 15.9 Å². The van der Waals surface area contributed by atoms with E-state index in [2.05, 4.69) is 31.0 Å². The summed E-state index contributed by atoms with van der Waals surface area (Å²) in [5.41, 5.74) is 6.82. The fraction of sp³-hybridized carbons (Fsp3) is 0.385. The molecule has 6 heteroatoms. The van der Waals surface area contributed by atoms with Gasteiger partial charge in [0.05, 0.1) is 6.54 Å². The third-order valence-electron chi connectivity index (χ3n) is 3.22. The lowest BCUT2D eigenvalue weighted by atomic mass is 10.2. The molecule has 100 valence electrons. The molecule has 1 aromatic carbocycles. The minimum atomic E-state index is 0.271.